The van der Waals surface area contributed by atoms with Crippen molar-refractivity contribution >= 4 is 45.3 Å². The van der Waals surface area contributed by atoms with E-state index in [9.17, 15) is 4.79 Å². The minimum absolute atomic E-state index is 0.0594. The fourth-order valence-electron chi connectivity index (χ4n) is 4.36. The van der Waals surface area contributed by atoms with Gasteiger partial charge in [0.2, 0.25) is 5.91 Å². The number of hydrogen-bond donors (Lipinski definition) is 1. The molecule has 0 aromatic carbocycles. The zero-order valence-corrected chi connectivity index (χ0v) is 18.0. The summed E-state index contributed by atoms with van der Waals surface area (Å²) in [5.41, 5.74) is 3.52. The zero-order valence-electron chi connectivity index (χ0n) is 17.2. The number of pyridine rings is 1. The van der Waals surface area contributed by atoms with Crippen molar-refractivity contribution in [3.05, 3.63) is 40.2 Å². The van der Waals surface area contributed by atoms with E-state index in [-0.39, 0.29) is 11.8 Å². The van der Waals surface area contributed by atoms with Gasteiger partial charge >= 0.3 is 0 Å². The van der Waals surface area contributed by atoms with Gasteiger partial charge < -0.3 is 10.2 Å². The number of thiophene rings is 1. The van der Waals surface area contributed by atoms with Crippen molar-refractivity contribution in [3.63, 3.8) is 0 Å². The van der Waals surface area contributed by atoms with E-state index in [1.54, 1.807) is 17.7 Å². The predicted octanol–water partition coefficient (Wildman–Crippen LogP) is 3.74. The van der Waals surface area contributed by atoms with Crippen LogP contribution in [0.5, 0.6) is 0 Å². The van der Waals surface area contributed by atoms with Crippen LogP contribution in [0.25, 0.3) is 10.2 Å². The van der Waals surface area contributed by atoms with Crippen LogP contribution in [0, 0.1) is 5.92 Å². The minimum Gasteiger partial charge on any atom is -0.346 e. The van der Waals surface area contributed by atoms with Gasteiger partial charge in [-0.3, -0.25) is 9.79 Å². The molecule has 30 heavy (non-hydrogen) atoms. The van der Waals surface area contributed by atoms with Crippen LogP contribution < -0.4 is 5.32 Å². The Labute approximate surface area is 179 Å². The summed E-state index contributed by atoms with van der Waals surface area (Å²) in [5, 5.41) is 4.46. The number of aliphatic imine (C=N–C) groups is 1. The predicted molar refractivity (Wildman–Crippen MR) is 120 cm³/mol. The standard InChI is InChI=1S/C22H24N6OS/c1-3-6-28(2)22(29)13-4-5-16-17(7-13)30-21-19(16)20(25-12-26-21)27-18-8-14-9-23-10-15(14)11-24-18/h8-9,11-13H,3-7,10H2,1-2H3,(H,24,25,26,27)/t13-/m0/s1. The van der Waals surface area contributed by atoms with Gasteiger partial charge in [-0.25, -0.2) is 15.0 Å². The van der Waals surface area contributed by atoms with E-state index in [2.05, 4.69) is 32.2 Å². The van der Waals surface area contributed by atoms with Crippen LogP contribution in [0.15, 0.2) is 23.6 Å². The highest BCUT2D eigenvalue weighted by atomic mass is 32.1. The first-order chi connectivity index (χ1) is 14.6. The third-order valence-electron chi connectivity index (χ3n) is 5.89. The maximum absolute atomic E-state index is 12.8. The minimum atomic E-state index is 0.0594. The summed E-state index contributed by atoms with van der Waals surface area (Å²) < 4.78 is 0. The van der Waals surface area contributed by atoms with Gasteiger partial charge in [0.25, 0.3) is 0 Å². The van der Waals surface area contributed by atoms with Crippen LogP contribution >= 0.6 is 11.3 Å². The summed E-state index contributed by atoms with van der Waals surface area (Å²) in [6.45, 7) is 3.61. The first-order valence-corrected chi connectivity index (χ1v) is 11.2. The molecule has 0 fully saturated rings. The molecule has 1 aliphatic carbocycles. The number of aryl methyl sites for hydroxylation is 1. The van der Waals surface area contributed by atoms with Crippen molar-refractivity contribution < 1.29 is 4.79 Å². The summed E-state index contributed by atoms with van der Waals surface area (Å²) >= 11 is 1.69. The molecule has 1 aliphatic heterocycles. The number of anilines is 2. The number of amides is 1. The third kappa shape index (κ3) is 3.35. The number of fused-ring (bicyclic) bond motifs is 4. The van der Waals surface area contributed by atoms with Crippen molar-refractivity contribution in [1.29, 1.82) is 0 Å². The number of carbonyl (C=O) groups is 1. The summed E-state index contributed by atoms with van der Waals surface area (Å²) in [6.07, 6.45) is 8.86. The fourth-order valence-corrected chi connectivity index (χ4v) is 5.62. The van der Waals surface area contributed by atoms with Crippen LogP contribution in [0.3, 0.4) is 0 Å². The van der Waals surface area contributed by atoms with Gasteiger partial charge in [0, 0.05) is 47.9 Å². The Morgan fingerprint density at radius 1 is 1.33 bits per heavy atom. The number of nitrogens with zero attached hydrogens (tertiary/aromatic N) is 5. The summed E-state index contributed by atoms with van der Waals surface area (Å²) in [7, 11) is 1.91. The van der Waals surface area contributed by atoms with E-state index in [4.69, 9.17) is 0 Å². The molecule has 1 N–H and O–H groups in total. The van der Waals surface area contributed by atoms with Crippen molar-refractivity contribution in [3.8, 4) is 0 Å². The average molecular weight is 421 g/mol. The molecule has 0 unspecified atom stereocenters. The van der Waals surface area contributed by atoms with E-state index >= 15 is 0 Å². The van der Waals surface area contributed by atoms with Gasteiger partial charge in [0.1, 0.15) is 22.8 Å². The molecular weight excluding hydrogens is 396 g/mol. The SMILES string of the molecule is CCCN(C)C(=O)[C@H]1CCc2c(sc3ncnc(Nc4cc5c(cn4)CN=C5)c23)C1. The summed E-state index contributed by atoms with van der Waals surface area (Å²) in [4.78, 5) is 34.7. The quantitative estimate of drug-likeness (QED) is 0.680. The molecule has 7 nitrogen and oxygen atoms in total. The van der Waals surface area contributed by atoms with Gasteiger partial charge in [-0.15, -0.1) is 11.3 Å². The van der Waals surface area contributed by atoms with Crippen molar-refractivity contribution in [2.24, 2.45) is 10.9 Å². The second-order valence-electron chi connectivity index (χ2n) is 7.97. The Hall–Kier alpha value is -2.87. The van der Waals surface area contributed by atoms with Gasteiger partial charge in [-0.2, -0.15) is 0 Å². The van der Waals surface area contributed by atoms with E-state index in [1.165, 1.54) is 10.4 Å². The number of nitrogens with one attached hydrogen (secondary N) is 1. The highest BCUT2D eigenvalue weighted by Crippen LogP contribution is 2.40. The maximum atomic E-state index is 12.8. The Balaban J connectivity index is 1.44. The van der Waals surface area contributed by atoms with E-state index in [0.29, 0.717) is 6.54 Å². The lowest BCUT2D eigenvalue weighted by atomic mass is 9.87. The molecule has 0 spiro atoms. The van der Waals surface area contributed by atoms with E-state index < -0.39 is 0 Å². The number of aromatic nitrogens is 3. The van der Waals surface area contributed by atoms with Crippen molar-refractivity contribution in [2.45, 2.75) is 39.2 Å². The Bertz CT molecular complexity index is 1150. The zero-order chi connectivity index (χ0) is 20.7. The molecular formula is C22H24N6OS. The van der Waals surface area contributed by atoms with Gasteiger partial charge in [-0.1, -0.05) is 6.92 Å². The summed E-state index contributed by atoms with van der Waals surface area (Å²) in [5.74, 6) is 1.86. The van der Waals surface area contributed by atoms with Crippen LogP contribution in [-0.4, -0.2) is 45.6 Å². The third-order valence-corrected chi connectivity index (χ3v) is 7.05. The van der Waals surface area contributed by atoms with Gasteiger partial charge in [0.05, 0.1) is 11.9 Å². The topological polar surface area (TPSA) is 83.4 Å². The first kappa shape index (κ1) is 19.1. The molecule has 3 aromatic rings. The fraction of sp³-hybridized carbons (Fsp3) is 0.409. The molecule has 154 valence electrons. The monoisotopic (exact) mass is 420 g/mol. The molecule has 3 aromatic heterocycles. The number of rotatable bonds is 5. The maximum Gasteiger partial charge on any atom is 0.225 e. The van der Waals surface area contributed by atoms with Crippen molar-refractivity contribution in [2.75, 3.05) is 18.9 Å². The van der Waals surface area contributed by atoms with Crippen molar-refractivity contribution in [1.82, 2.24) is 19.9 Å². The number of hydrogen-bond acceptors (Lipinski definition) is 7. The van der Waals surface area contributed by atoms with E-state index in [1.807, 2.05) is 30.4 Å². The molecule has 2 aliphatic rings. The highest BCUT2D eigenvalue weighted by Gasteiger charge is 2.30. The van der Waals surface area contributed by atoms with Crippen LogP contribution in [-0.2, 0) is 24.2 Å². The molecule has 0 saturated heterocycles. The molecule has 1 amide bonds. The molecule has 0 bridgehead atoms. The first-order valence-electron chi connectivity index (χ1n) is 10.4. The lowest BCUT2D eigenvalue weighted by Crippen LogP contribution is -2.35. The molecule has 5 rings (SSSR count). The van der Waals surface area contributed by atoms with Gasteiger partial charge in [-0.05, 0) is 37.3 Å². The normalized spacial score (nSPS) is 17.1. The molecule has 4 heterocycles. The highest BCUT2D eigenvalue weighted by molar-refractivity contribution is 7.19. The average Bonchev–Trinajstić information content (AvgIpc) is 3.37. The second-order valence-corrected chi connectivity index (χ2v) is 9.05. The summed E-state index contributed by atoms with van der Waals surface area (Å²) in [6, 6.07) is 2.01. The number of carbonyl (C=O) groups excluding carboxylic acids is 1. The molecule has 8 heteroatoms. The molecule has 1 atom stereocenters. The van der Waals surface area contributed by atoms with E-state index in [0.717, 1.165) is 65.2 Å². The lowest BCUT2D eigenvalue weighted by Gasteiger charge is -2.26. The Morgan fingerprint density at radius 2 is 2.23 bits per heavy atom. The largest absolute Gasteiger partial charge is 0.346 e. The van der Waals surface area contributed by atoms with Crippen LogP contribution in [0.1, 0.15) is 41.3 Å². The molecule has 0 saturated carbocycles. The van der Waals surface area contributed by atoms with Crippen LogP contribution in [0.4, 0.5) is 11.6 Å². The Kier molecular flexibility index (Phi) is 4.94. The molecule has 0 radical (unpaired) electrons. The lowest BCUT2D eigenvalue weighted by molar-refractivity contribution is -0.134. The Morgan fingerprint density at radius 3 is 3.10 bits per heavy atom. The smallest absolute Gasteiger partial charge is 0.225 e. The van der Waals surface area contributed by atoms with Gasteiger partial charge in [0.15, 0.2) is 0 Å². The van der Waals surface area contributed by atoms with Crippen LogP contribution in [0.2, 0.25) is 0 Å². The second kappa shape index (κ2) is 7.75.